The summed E-state index contributed by atoms with van der Waals surface area (Å²) >= 11 is 0. The third kappa shape index (κ3) is 4.09. The molecule has 72 valence electrons. The lowest BCUT2D eigenvalue weighted by atomic mass is 10.1. The van der Waals surface area contributed by atoms with Gasteiger partial charge in [-0.1, -0.05) is 37.3 Å². The fourth-order valence-corrected chi connectivity index (χ4v) is 1.43. The van der Waals surface area contributed by atoms with Gasteiger partial charge in [0, 0.05) is 6.04 Å². The van der Waals surface area contributed by atoms with Gasteiger partial charge in [-0.05, 0) is 31.9 Å². The smallest absolute Gasteiger partial charge is 0.00791 e. The molecule has 1 aromatic carbocycles. The Morgan fingerprint density at radius 2 is 1.92 bits per heavy atom. The van der Waals surface area contributed by atoms with Crippen LogP contribution in [0.3, 0.4) is 0 Å². The van der Waals surface area contributed by atoms with E-state index in [9.17, 15) is 0 Å². The Kier molecular flexibility index (Phi) is 4.55. The average Bonchev–Trinajstić information content (AvgIpc) is 2.16. The molecular weight excluding hydrogens is 158 g/mol. The van der Waals surface area contributed by atoms with Gasteiger partial charge in [-0.2, -0.15) is 0 Å². The van der Waals surface area contributed by atoms with E-state index in [2.05, 4.69) is 49.5 Å². The number of nitrogens with one attached hydrogen (secondary N) is 1. The summed E-state index contributed by atoms with van der Waals surface area (Å²) in [5.74, 6) is 0. The van der Waals surface area contributed by atoms with Crippen molar-refractivity contribution in [3.8, 4) is 0 Å². The molecule has 1 heteroatoms. The molecule has 1 nitrogen and oxygen atoms in total. The van der Waals surface area contributed by atoms with Crippen molar-refractivity contribution >= 4 is 0 Å². The van der Waals surface area contributed by atoms with E-state index in [1.54, 1.807) is 0 Å². The van der Waals surface area contributed by atoms with Gasteiger partial charge in [0.25, 0.3) is 0 Å². The predicted octanol–water partition coefficient (Wildman–Crippen LogP) is 2.62. The van der Waals surface area contributed by atoms with Gasteiger partial charge in [0.05, 0.1) is 0 Å². The summed E-state index contributed by atoms with van der Waals surface area (Å²) < 4.78 is 0. The van der Waals surface area contributed by atoms with Gasteiger partial charge >= 0.3 is 0 Å². The molecule has 13 heavy (non-hydrogen) atoms. The SMILES string of the molecule is CCCN[C@H](C)Cc1ccccc1. The Morgan fingerprint density at radius 3 is 2.54 bits per heavy atom. The molecule has 1 N–H and O–H groups in total. The van der Waals surface area contributed by atoms with Gasteiger partial charge in [-0.3, -0.25) is 0 Å². The monoisotopic (exact) mass is 177 g/mol. The molecule has 0 bridgehead atoms. The minimum absolute atomic E-state index is 0.586. The summed E-state index contributed by atoms with van der Waals surface area (Å²) in [5.41, 5.74) is 1.42. The molecule has 0 fully saturated rings. The van der Waals surface area contributed by atoms with E-state index < -0.39 is 0 Å². The predicted molar refractivity (Wildman–Crippen MR) is 57.9 cm³/mol. The maximum atomic E-state index is 3.48. The van der Waals surface area contributed by atoms with Crippen molar-refractivity contribution in [2.24, 2.45) is 0 Å². The molecule has 0 aromatic heterocycles. The molecule has 0 aliphatic rings. The van der Waals surface area contributed by atoms with Gasteiger partial charge in [0.2, 0.25) is 0 Å². The van der Waals surface area contributed by atoms with Crippen LogP contribution in [0.15, 0.2) is 30.3 Å². The summed E-state index contributed by atoms with van der Waals surface area (Å²) in [6.07, 6.45) is 2.33. The van der Waals surface area contributed by atoms with Gasteiger partial charge in [0.1, 0.15) is 0 Å². The van der Waals surface area contributed by atoms with Gasteiger partial charge < -0.3 is 5.32 Å². The molecule has 1 aromatic rings. The van der Waals surface area contributed by atoms with Crippen LogP contribution in [0.25, 0.3) is 0 Å². The third-order valence-electron chi connectivity index (χ3n) is 2.13. The zero-order chi connectivity index (χ0) is 9.52. The Hall–Kier alpha value is -0.820. The summed E-state index contributed by atoms with van der Waals surface area (Å²) in [7, 11) is 0. The first kappa shape index (κ1) is 10.3. The van der Waals surface area contributed by atoms with E-state index in [1.807, 2.05) is 0 Å². The highest BCUT2D eigenvalue weighted by atomic mass is 14.9. The summed E-state index contributed by atoms with van der Waals surface area (Å²) in [6.45, 7) is 5.55. The van der Waals surface area contributed by atoms with Crippen LogP contribution in [0.1, 0.15) is 25.8 Å². The summed E-state index contributed by atoms with van der Waals surface area (Å²) in [4.78, 5) is 0. The minimum Gasteiger partial charge on any atom is -0.314 e. The molecule has 1 atom stereocenters. The van der Waals surface area contributed by atoms with Crippen molar-refractivity contribution in [2.45, 2.75) is 32.7 Å². The number of hydrogen-bond donors (Lipinski definition) is 1. The van der Waals surface area contributed by atoms with Crippen LogP contribution >= 0.6 is 0 Å². The van der Waals surface area contributed by atoms with Gasteiger partial charge in [0.15, 0.2) is 0 Å². The molecule has 0 aliphatic heterocycles. The lowest BCUT2D eigenvalue weighted by Crippen LogP contribution is -2.28. The molecule has 0 heterocycles. The maximum Gasteiger partial charge on any atom is 0.00791 e. The van der Waals surface area contributed by atoms with Crippen LogP contribution in [0.2, 0.25) is 0 Å². The van der Waals surface area contributed by atoms with Gasteiger partial charge in [-0.25, -0.2) is 0 Å². The number of benzene rings is 1. The van der Waals surface area contributed by atoms with Crippen molar-refractivity contribution in [1.29, 1.82) is 0 Å². The van der Waals surface area contributed by atoms with Crippen molar-refractivity contribution in [1.82, 2.24) is 5.32 Å². The minimum atomic E-state index is 0.586. The van der Waals surface area contributed by atoms with E-state index in [1.165, 1.54) is 12.0 Å². The Balaban J connectivity index is 2.32. The van der Waals surface area contributed by atoms with Crippen molar-refractivity contribution in [3.05, 3.63) is 35.9 Å². The van der Waals surface area contributed by atoms with Gasteiger partial charge in [-0.15, -0.1) is 0 Å². The summed E-state index contributed by atoms with van der Waals surface area (Å²) in [6, 6.07) is 11.2. The number of hydrogen-bond acceptors (Lipinski definition) is 1. The second-order valence-corrected chi connectivity index (χ2v) is 3.54. The highest BCUT2D eigenvalue weighted by Gasteiger charge is 2.00. The van der Waals surface area contributed by atoms with Crippen LogP contribution in [-0.2, 0) is 6.42 Å². The zero-order valence-corrected chi connectivity index (χ0v) is 8.59. The molecule has 0 saturated carbocycles. The second kappa shape index (κ2) is 5.76. The molecule has 0 aliphatic carbocycles. The molecule has 0 saturated heterocycles. The Morgan fingerprint density at radius 1 is 1.23 bits per heavy atom. The third-order valence-corrected chi connectivity index (χ3v) is 2.13. The lowest BCUT2D eigenvalue weighted by Gasteiger charge is -2.12. The maximum absolute atomic E-state index is 3.48. The molecule has 0 amide bonds. The quantitative estimate of drug-likeness (QED) is 0.729. The second-order valence-electron chi connectivity index (χ2n) is 3.54. The highest BCUT2D eigenvalue weighted by Crippen LogP contribution is 2.02. The Labute approximate surface area is 81.2 Å². The normalized spacial score (nSPS) is 12.8. The fraction of sp³-hybridized carbons (Fsp3) is 0.500. The Bertz CT molecular complexity index is 218. The van der Waals surface area contributed by atoms with Crippen LogP contribution in [0.5, 0.6) is 0 Å². The highest BCUT2D eigenvalue weighted by molar-refractivity contribution is 5.15. The van der Waals surface area contributed by atoms with Crippen molar-refractivity contribution in [3.63, 3.8) is 0 Å². The lowest BCUT2D eigenvalue weighted by molar-refractivity contribution is 0.543. The molecule has 1 rings (SSSR count). The van der Waals surface area contributed by atoms with Crippen LogP contribution in [0, 0.1) is 0 Å². The van der Waals surface area contributed by atoms with Crippen molar-refractivity contribution < 1.29 is 0 Å². The number of rotatable bonds is 5. The first-order valence-electron chi connectivity index (χ1n) is 5.10. The zero-order valence-electron chi connectivity index (χ0n) is 8.59. The summed E-state index contributed by atoms with van der Waals surface area (Å²) in [5, 5.41) is 3.48. The first-order valence-corrected chi connectivity index (χ1v) is 5.10. The van der Waals surface area contributed by atoms with Crippen LogP contribution < -0.4 is 5.32 Å². The molecular formula is C12H19N. The van der Waals surface area contributed by atoms with E-state index >= 15 is 0 Å². The van der Waals surface area contributed by atoms with Crippen molar-refractivity contribution in [2.75, 3.05) is 6.54 Å². The van der Waals surface area contributed by atoms with E-state index in [-0.39, 0.29) is 0 Å². The largest absolute Gasteiger partial charge is 0.314 e. The van der Waals surface area contributed by atoms with Crippen LogP contribution in [0.4, 0.5) is 0 Å². The van der Waals surface area contributed by atoms with E-state index in [0.29, 0.717) is 6.04 Å². The van der Waals surface area contributed by atoms with E-state index in [0.717, 1.165) is 13.0 Å². The molecule has 0 spiro atoms. The van der Waals surface area contributed by atoms with E-state index in [4.69, 9.17) is 0 Å². The average molecular weight is 177 g/mol. The topological polar surface area (TPSA) is 12.0 Å². The molecule has 0 unspecified atom stereocenters. The standard InChI is InChI=1S/C12H19N/c1-3-9-13-11(2)10-12-7-5-4-6-8-12/h4-8,11,13H,3,9-10H2,1-2H3/t11-/m1/s1. The molecule has 0 radical (unpaired) electrons. The fourth-order valence-electron chi connectivity index (χ4n) is 1.43. The first-order chi connectivity index (χ1) is 6.33. The van der Waals surface area contributed by atoms with Crippen LogP contribution in [-0.4, -0.2) is 12.6 Å².